The van der Waals surface area contributed by atoms with E-state index in [1.165, 1.54) is 0 Å². The number of hydrogen-bond donors (Lipinski definition) is 0. The first-order valence-corrected chi connectivity index (χ1v) is 5.89. The maximum atomic E-state index is 9.22. The molecule has 0 spiro atoms. The van der Waals surface area contributed by atoms with Crippen LogP contribution >= 0.6 is 0 Å². The molecule has 16 heavy (non-hydrogen) atoms. The Morgan fingerprint density at radius 2 is 2.00 bits per heavy atom. The molecule has 0 bridgehead atoms. The quantitative estimate of drug-likeness (QED) is 0.622. The highest BCUT2D eigenvalue weighted by atomic mass is 16.5. The molecule has 0 aliphatic carbocycles. The molecule has 1 rings (SSSR count). The Bertz CT molecular complexity index is 219. The highest BCUT2D eigenvalue weighted by molar-refractivity contribution is 4.99. The molecule has 92 valence electrons. The summed E-state index contributed by atoms with van der Waals surface area (Å²) in [5.74, 6) is 0. The molecule has 0 N–H and O–H groups in total. The number of nitriles is 1. The SMILES string of the molecule is COCCOCCCC1(C#N)CCOCC1. The fourth-order valence-electron chi connectivity index (χ4n) is 1.94. The second-order valence-electron chi connectivity index (χ2n) is 4.21. The summed E-state index contributed by atoms with van der Waals surface area (Å²) in [5.41, 5.74) is -0.164. The predicted octanol–water partition coefficient (Wildman–Crippen LogP) is 1.75. The fourth-order valence-corrected chi connectivity index (χ4v) is 1.94. The number of hydrogen-bond acceptors (Lipinski definition) is 4. The van der Waals surface area contributed by atoms with Crippen LogP contribution in [0.1, 0.15) is 25.7 Å². The van der Waals surface area contributed by atoms with Gasteiger partial charge in [0.2, 0.25) is 0 Å². The minimum atomic E-state index is -0.164. The molecule has 1 heterocycles. The molecule has 0 aromatic carbocycles. The van der Waals surface area contributed by atoms with E-state index in [0.29, 0.717) is 19.8 Å². The highest BCUT2D eigenvalue weighted by Gasteiger charge is 2.31. The Labute approximate surface area is 97.5 Å². The summed E-state index contributed by atoms with van der Waals surface area (Å²) in [5, 5.41) is 9.22. The van der Waals surface area contributed by atoms with Crippen molar-refractivity contribution in [2.24, 2.45) is 5.41 Å². The van der Waals surface area contributed by atoms with E-state index >= 15 is 0 Å². The van der Waals surface area contributed by atoms with Crippen molar-refractivity contribution in [3.63, 3.8) is 0 Å². The largest absolute Gasteiger partial charge is 0.382 e. The van der Waals surface area contributed by atoms with E-state index < -0.39 is 0 Å². The van der Waals surface area contributed by atoms with Gasteiger partial charge in [0, 0.05) is 26.9 Å². The van der Waals surface area contributed by atoms with Crippen LogP contribution in [0.2, 0.25) is 0 Å². The van der Waals surface area contributed by atoms with Crippen LogP contribution in [0, 0.1) is 16.7 Å². The standard InChI is InChI=1S/C12H21NO3/c1-14-9-10-15-6-2-3-12(11-13)4-7-16-8-5-12/h2-10H2,1H3. The van der Waals surface area contributed by atoms with Crippen LogP contribution in [0.3, 0.4) is 0 Å². The Hall–Kier alpha value is -0.630. The average molecular weight is 227 g/mol. The number of rotatable bonds is 7. The lowest BCUT2D eigenvalue weighted by Crippen LogP contribution is -2.28. The van der Waals surface area contributed by atoms with Gasteiger partial charge in [0.1, 0.15) is 0 Å². The second kappa shape index (κ2) is 7.61. The van der Waals surface area contributed by atoms with E-state index in [2.05, 4.69) is 6.07 Å². The summed E-state index contributed by atoms with van der Waals surface area (Å²) >= 11 is 0. The van der Waals surface area contributed by atoms with Gasteiger partial charge in [0.05, 0.1) is 24.7 Å². The van der Waals surface area contributed by atoms with E-state index in [1.54, 1.807) is 7.11 Å². The van der Waals surface area contributed by atoms with Crippen molar-refractivity contribution in [3.8, 4) is 6.07 Å². The van der Waals surface area contributed by atoms with Gasteiger partial charge in [0.25, 0.3) is 0 Å². The van der Waals surface area contributed by atoms with Gasteiger partial charge in [-0.2, -0.15) is 5.26 Å². The molecule has 0 unspecified atom stereocenters. The second-order valence-corrected chi connectivity index (χ2v) is 4.21. The van der Waals surface area contributed by atoms with E-state index in [1.807, 2.05) is 0 Å². The van der Waals surface area contributed by atoms with Crippen LogP contribution in [0.4, 0.5) is 0 Å². The van der Waals surface area contributed by atoms with Gasteiger partial charge in [-0.25, -0.2) is 0 Å². The zero-order chi connectivity index (χ0) is 11.7. The lowest BCUT2D eigenvalue weighted by Gasteiger charge is -2.30. The first kappa shape index (κ1) is 13.4. The molecule has 0 atom stereocenters. The zero-order valence-electron chi connectivity index (χ0n) is 10.0. The monoisotopic (exact) mass is 227 g/mol. The fraction of sp³-hybridized carbons (Fsp3) is 0.917. The number of ether oxygens (including phenoxy) is 3. The minimum absolute atomic E-state index is 0.164. The smallest absolute Gasteiger partial charge is 0.0700 e. The summed E-state index contributed by atoms with van der Waals surface area (Å²) in [4.78, 5) is 0. The average Bonchev–Trinajstić information content (AvgIpc) is 2.35. The van der Waals surface area contributed by atoms with Crippen molar-refractivity contribution in [2.75, 3.05) is 40.1 Å². The van der Waals surface area contributed by atoms with Gasteiger partial charge < -0.3 is 14.2 Å². The molecule has 1 fully saturated rings. The number of nitrogens with zero attached hydrogens (tertiary/aromatic N) is 1. The molecule has 0 aromatic heterocycles. The Balaban J connectivity index is 2.12. The van der Waals surface area contributed by atoms with Gasteiger partial charge in [-0.15, -0.1) is 0 Å². The summed E-state index contributed by atoms with van der Waals surface area (Å²) in [6.45, 7) is 3.43. The van der Waals surface area contributed by atoms with E-state index in [0.717, 1.165) is 38.9 Å². The summed E-state index contributed by atoms with van der Waals surface area (Å²) in [6, 6.07) is 2.46. The zero-order valence-corrected chi connectivity index (χ0v) is 10.0. The maximum absolute atomic E-state index is 9.22. The topological polar surface area (TPSA) is 51.5 Å². The summed E-state index contributed by atoms with van der Waals surface area (Å²) in [6.07, 6.45) is 3.58. The first-order valence-electron chi connectivity index (χ1n) is 5.89. The van der Waals surface area contributed by atoms with Gasteiger partial charge in [0.15, 0.2) is 0 Å². The third-order valence-corrected chi connectivity index (χ3v) is 3.06. The molecule has 0 saturated carbocycles. The Morgan fingerprint density at radius 1 is 1.25 bits per heavy atom. The van der Waals surface area contributed by atoms with E-state index in [-0.39, 0.29) is 5.41 Å². The van der Waals surface area contributed by atoms with Crippen LogP contribution in [0.15, 0.2) is 0 Å². The predicted molar refractivity (Wildman–Crippen MR) is 60.0 cm³/mol. The van der Waals surface area contributed by atoms with E-state index in [9.17, 15) is 5.26 Å². The van der Waals surface area contributed by atoms with E-state index in [4.69, 9.17) is 14.2 Å². The van der Waals surface area contributed by atoms with Crippen LogP contribution in [-0.2, 0) is 14.2 Å². The lowest BCUT2D eigenvalue weighted by molar-refractivity contribution is 0.0272. The lowest BCUT2D eigenvalue weighted by atomic mass is 9.78. The Morgan fingerprint density at radius 3 is 2.62 bits per heavy atom. The summed E-state index contributed by atoms with van der Waals surface area (Å²) in [7, 11) is 1.66. The molecule has 1 aliphatic rings. The molecule has 4 heteroatoms. The number of methoxy groups -OCH3 is 1. The normalized spacial score (nSPS) is 19.2. The van der Waals surface area contributed by atoms with Crippen molar-refractivity contribution in [1.82, 2.24) is 0 Å². The van der Waals surface area contributed by atoms with Gasteiger partial charge >= 0.3 is 0 Å². The molecule has 4 nitrogen and oxygen atoms in total. The van der Waals surface area contributed by atoms with Gasteiger partial charge in [-0.3, -0.25) is 0 Å². The van der Waals surface area contributed by atoms with Crippen LogP contribution < -0.4 is 0 Å². The van der Waals surface area contributed by atoms with Crippen molar-refractivity contribution in [1.29, 1.82) is 5.26 Å². The van der Waals surface area contributed by atoms with Gasteiger partial charge in [-0.1, -0.05) is 0 Å². The highest BCUT2D eigenvalue weighted by Crippen LogP contribution is 2.34. The first-order chi connectivity index (χ1) is 7.83. The third-order valence-electron chi connectivity index (χ3n) is 3.06. The molecule has 0 radical (unpaired) electrons. The molecule has 0 aromatic rings. The molecular formula is C12H21NO3. The molecule has 1 aliphatic heterocycles. The van der Waals surface area contributed by atoms with Crippen molar-refractivity contribution in [2.45, 2.75) is 25.7 Å². The molecule has 0 amide bonds. The van der Waals surface area contributed by atoms with Crippen LogP contribution in [0.5, 0.6) is 0 Å². The van der Waals surface area contributed by atoms with Crippen molar-refractivity contribution >= 4 is 0 Å². The molecular weight excluding hydrogens is 206 g/mol. The third kappa shape index (κ3) is 4.48. The van der Waals surface area contributed by atoms with Crippen LogP contribution in [-0.4, -0.2) is 40.1 Å². The maximum Gasteiger partial charge on any atom is 0.0700 e. The summed E-state index contributed by atoms with van der Waals surface area (Å²) < 4.78 is 15.6. The minimum Gasteiger partial charge on any atom is -0.382 e. The van der Waals surface area contributed by atoms with Crippen molar-refractivity contribution < 1.29 is 14.2 Å². The Kier molecular flexibility index (Phi) is 6.39. The molecule has 1 saturated heterocycles. The van der Waals surface area contributed by atoms with Gasteiger partial charge in [-0.05, 0) is 25.7 Å². The van der Waals surface area contributed by atoms with Crippen LogP contribution in [0.25, 0.3) is 0 Å². The van der Waals surface area contributed by atoms with Crippen molar-refractivity contribution in [3.05, 3.63) is 0 Å².